The van der Waals surface area contributed by atoms with E-state index in [1.54, 1.807) is 14.0 Å². The van der Waals surface area contributed by atoms with Gasteiger partial charge in [-0.2, -0.15) is 9.40 Å². The molecule has 1 fully saturated rings. The first kappa shape index (κ1) is 13.5. The zero-order valence-corrected chi connectivity index (χ0v) is 11.3. The third-order valence-electron chi connectivity index (χ3n) is 3.27. The third-order valence-corrected chi connectivity index (χ3v) is 5.10. The summed E-state index contributed by atoms with van der Waals surface area (Å²) >= 11 is 0. The lowest BCUT2D eigenvalue weighted by atomic mass is 10.3. The summed E-state index contributed by atoms with van der Waals surface area (Å²) in [5.74, 6) is 0. The van der Waals surface area contributed by atoms with Crippen molar-refractivity contribution in [2.24, 2.45) is 5.73 Å². The van der Waals surface area contributed by atoms with Crippen molar-refractivity contribution >= 4 is 10.0 Å². The summed E-state index contributed by atoms with van der Waals surface area (Å²) in [7, 11) is -1.98. The summed E-state index contributed by atoms with van der Waals surface area (Å²) in [5, 5.41) is 6.60. The predicted molar refractivity (Wildman–Crippen MR) is 65.4 cm³/mol. The molecule has 0 aromatic carbocycles. The summed E-state index contributed by atoms with van der Waals surface area (Å²) in [6.07, 6.45) is 0.665. The van der Waals surface area contributed by atoms with E-state index in [0.29, 0.717) is 30.8 Å². The number of hydrogen-bond donors (Lipinski definition) is 2. The van der Waals surface area contributed by atoms with Crippen molar-refractivity contribution in [2.75, 3.05) is 20.2 Å². The van der Waals surface area contributed by atoms with E-state index < -0.39 is 10.0 Å². The molecule has 1 aliphatic heterocycles. The van der Waals surface area contributed by atoms with Gasteiger partial charge in [-0.25, -0.2) is 8.42 Å². The Morgan fingerprint density at radius 2 is 2.33 bits per heavy atom. The number of aryl methyl sites for hydroxylation is 1. The van der Waals surface area contributed by atoms with Crippen LogP contribution in [-0.2, 0) is 21.3 Å². The number of H-pyrrole nitrogens is 1. The molecule has 18 heavy (non-hydrogen) atoms. The van der Waals surface area contributed by atoms with Crippen molar-refractivity contribution in [3.05, 3.63) is 11.3 Å². The van der Waals surface area contributed by atoms with E-state index >= 15 is 0 Å². The highest BCUT2D eigenvalue weighted by Crippen LogP contribution is 2.24. The minimum Gasteiger partial charge on any atom is -0.380 e. The molecule has 0 aliphatic carbocycles. The molecular weight excluding hydrogens is 256 g/mol. The molecule has 0 amide bonds. The quantitative estimate of drug-likeness (QED) is 0.777. The Kier molecular flexibility index (Phi) is 3.71. The minimum atomic E-state index is -3.57. The highest BCUT2D eigenvalue weighted by atomic mass is 32.2. The molecule has 7 nitrogen and oxygen atoms in total. The van der Waals surface area contributed by atoms with E-state index in [9.17, 15) is 8.42 Å². The van der Waals surface area contributed by atoms with E-state index in [2.05, 4.69) is 10.2 Å². The molecule has 1 aromatic heterocycles. The zero-order valence-electron chi connectivity index (χ0n) is 10.5. The molecule has 0 bridgehead atoms. The largest absolute Gasteiger partial charge is 0.380 e. The summed E-state index contributed by atoms with van der Waals surface area (Å²) in [6, 6.07) is 0. The number of hydrogen-bond acceptors (Lipinski definition) is 5. The van der Waals surface area contributed by atoms with Crippen LogP contribution in [-0.4, -0.2) is 49.2 Å². The van der Waals surface area contributed by atoms with Crippen molar-refractivity contribution in [3.8, 4) is 0 Å². The molecule has 0 saturated carbocycles. The first-order valence-corrected chi connectivity index (χ1v) is 7.21. The zero-order chi connectivity index (χ0) is 13.3. The fraction of sp³-hybridized carbons (Fsp3) is 0.700. The van der Waals surface area contributed by atoms with Crippen LogP contribution in [0, 0.1) is 6.92 Å². The van der Waals surface area contributed by atoms with Gasteiger partial charge >= 0.3 is 0 Å². The van der Waals surface area contributed by atoms with Crippen LogP contribution in [0.25, 0.3) is 0 Å². The van der Waals surface area contributed by atoms with Crippen LogP contribution in [0.15, 0.2) is 5.03 Å². The van der Waals surface area contributed by atoms with Gasteiger partial charge < -0.3 is 10.5 Å². The van der Waals surface area contributed by atoms with Gasteiger partial charge in [0.1, 0.15) is 0 Å². The molecule has 1 atom stereocenters. The second-order valence-electron chi connectivity index (χ2n) is 4.35. The Bertz CT molecular complexity index is 525. The molecule has 2 rings (SSSR count). The number of aromatic nitrogens is 2. The topological polar surface area (TPSA) is 101 Å². The maximum atomic E-state index is 12.4. The summed E-state index contributed by atoms with van der Waals surface area (Å²) in [4.78, 5) is 0. The van der Waals surface area contributed by atoms with E-state index in [1.165, 1.54) is 4.31 Å². The normalized spacial score (nSPS) is 21.6. The lowest BCUT2D eigenvalue weighted by molar-refractivity contribution is 0.115. The Balaban J connectivity index is 2.31. The Hall–Kier alpha value is -0.960. The highest BCUT2D eigenvalue weighted by molar-refractivity contribution is 7.89. The molecular formula is C10H18N4O3S. The van der Waals surface area contributed by atoms with E-state index in [0.717, 1.165) is 0 Å². The first-order chi connectivity index (χ1) is 8.50. The van der Waals surface area contributed by atoms with Crippen molar-refractivity contribution < 1.29 is 13.2 Å². The molecule has 1 saturated heterocycles. The molecule has 8 heteroatoms. The molecule has 1 aliphatic rings. The standard InChI is InChI=1S/C10H18N4O3S/c1-7-9(5-11)10(13-12-7)18(15,16)14-4-3-8(6-14)17-2/h8H,3-6,11H2,1-2H3,(H,12,13). The van der Waals surface area contributed by atoms with Crippen LogP contribution in [0.1, 0.15) is 17.7 Å². The van der Waals surface area contributed by atoms with Crippen molar-refractivity contribution in [1.82, 2.24) is 14.5 Å². The molecule has 102 valence electrons. The van der Waals surface area contributed by atoms with Gasteiger partial charge in [0.2, 0.25) is 0 Å². The maximum Gasteiger partial charge on any atom is 0.262 e. The van der Waals surface area contributed by atoms with Crippen molar-refractivity contribution in [3.63, 3.8) is 0 Å². The molecule has 1 unspecified atom stereocenters. The number of ether oxygens (including phenoxy) is 1. The fourth-order valence-electron chi connectivity index (χ4n) is 2.11. The number of rotatable bonds is 4. The summed E-state index contributed by atoms with van der Waals surface area (Å²) in [5.41, 5.74) is 6.82. The first-order valence-electron chi connectivity index (χ1n) is 5.77. The Morgan fingerprint density at radius 3 is 2.89 bits per heavy atom. The van der Waals surface area contributed by atoms with Gasteiger partial charge in [0, 0.05) is 38.0 Å². The van der Waals surface area contributed by atoms with Crippen molar-refractivity contribution in [2.45, 2.75) is 31.0 Å². The van der Waals surface area contributed by atoms with Crippen LogP contribution in [0.4, 0.5) is 0 Å². The van der Waals surface area contributed by atoms with Crippen LogP contribution < -0.4 is 5.73 Å². The lowest BCUT2D eigenvalue weighted by Crippen LogP contribution is -2.31. The second-order valence-corrected chi connectivity index (χ2v) is 6.20. The molecule has 3 N–H and O–H groups in total. The Labute approximate surface area is 106 Å². The number of nitrogens with one attached hydrogen (secondary N) is 1. The van der Waals surface area contributed by atoms with E-state index in [4.69, 9.17) is 10.5 Å². The van der Waals surface area contributed by atoms with Gasteiger partial charge in [0.25, 0.3) is 10.0 Å². The van der Waals surface area contributed by atoms with Gasteiger partial charge in [0.15, 0.2) is 5.03 Å². The average Bonchev–Trinajstić information content (AvgIpc) is 2.95. The van der Waals surface area contributed by atoms with Crippen LogP contribution in [0.5, 0.6) is 0 Å². The number of nitrogens with two attached hydrogens (primary N) is 1. The fourth-order valence-corrected chi connectivity index (χ4v) is 3.78. The minimum absolute atomic E-state index is 0.0406. The highest BCUT2D eigenvalue weighted by Gasteiger charge is 2.35. The van der Waals surface area contributed by atoms with Crippen LogP contribution in [0.3, 0.4) is 0 Å². The predicted octanol–water partition coefficient (Wildman–Crippen LogP) is -0.414. The summed E-state index contributed by atoms with van der Waals surface area (Å²) < 4.78 is 31.4. The molecule has 0 spiro atoms. The Morgan fingerprint density at radius 1 is 1.61 bits per heavy atom. The van der Waals surface area contributed by atoms with Crippen LogP contribution in [0.2, 0.25) is 0 Å². The average molecular weight is 274 g/mol. The molecule has 0 radical (unpaired) electrons. The molecule has 2 heterocycles. The van der Waals surface area contributed by atoms with Gasteiger partial charge in [-0.3, -0.25) is 5.10 Å². The second kappa shape index (κ2) is 4.96. The maximum absolute atomic E-state index is 12.4. The van der Waals surface area contributed by atoms with Gasteiger partial charge in [-0.05, 0) is 13.3 Å². The SMILES string of the molecule is COC1CCN(S(=O)(=O)c2n[nH]c(C)c2CN)C1. The van der Waals surface area contributed by atoms with Crippen LogP contribution >= 0.6 is 0 Å². The summed E-state index contributed by atoms with van der Waals surface area (Å²) in [6.45, 7) is 2.74. The number of aromatic amines is 1. The smallest absolute Gasteiger partial charge is 0.262 e. The van der Waals surface area contributed by atoms with Crippen molar-refractivity contribution in [1.29, 1.82) is 0 Å². The molecule has 1 aromatic rings. The van der Waals surface area contributed by atoms with E-state index in [-0.39, 0.29) is 17.7 Å². The van der Waals surface area contributed by atoms with Gasteiger partial charge in [-0.1, -0.05) is 0 Å². The lowest BCUT2D eigenvalue weighted by Gasteiger charge is -2.15. The number of nitrogens with zero attached hydrogens (tertiary/aromatic N) is 2. The number of methoxy groups -OCH3 is 1. The van der Waals surface area contributed by atoms with Gasteiger partial charge in [0.05, 0.1) is 6.10 Å². The third kappa shape index (κ3) is 2.16. The van der Waals surface area contributed by atoms with Gasteiger partial charge in [-0.15, -0.1) is 0 Å². The number of sulfonamides is 1. The van der Waals surface area contributed by atoms with E-state index in [1.807, 2.05) is 0 Å². The monoisotopic (exact) mass is 274 g/mol.